The van der Waals surface area contributed by atoms with Crippen LogP contribution in [0.15, 0.2) is 24.3 Å². The van der Waals surface area contributed by atoms with E-state index in [1.807, 2.05) is 13.8 Å². The van der Waals surface area contributed by atoms with Gasteiger partial charge in [-0.25, -0.2) is 0 Å². The van der Waals surface area contributed by atoms with E-state index in [9.17, 15) is 0 Å². The highest BCUT2D eigenvalue weighted by atomic mass is 14.4. The molecule has 0 fully saturated rings. The van der Waals surface area contributed by atoms with Crippen LogP contribution in [-0.2, 0) is 6.42 Å². The minimum atomic E-state index is 0.515. The second kappa shape index (κ2) is 11.7. The van der Waals surface area contributed by atoms with Gasteiger partial charge in [-0.1, -0.05) is 97.4 Å². The third-order valence-electron chi connectivity index (χ3n) is 5.91. The van der Waals surface area contributed by atoms with Gasteiger partial charge in [0.1, 0.15) is 0 Å². The molecule has 138 valence electrons. The maximum atomic E-state index is 2.60. The fourth-order valence-electron chi connectivity index (χ4n) is 4.51. The first kappa shape index (κ1) is 21.3. The maximum Gasteiger partial charge on any atom is -0.0105 e. The van der Waals surface area contributed by atoms with Crippen molar-refractivity contribution in [2.75, 3.05) is 0 Å². The molecule has 24 heavy (non-hydrogen) atoms. The minimum Gasteiger partial charge on any atom is -0.0683 e. The fourth-order valence-corrected chi connectivity index (χ4v) is 4.51. The van der Waals surface area contributed by atoms with Gasteiger partial charge in [0, 0.05) is 0 Å². The van der Waals surface area contributed by atoms with Crippen molar-refractivity contribution < 1.29 is 0 Å². The topological polar surface area (TPSA) is 0 Å². The lowest BCUT2D eigenvalue weighted by Crippen LogP contribution is -2.29. The first-order chi connectivity index (χ1) is 11.7. The van der Waals surface area contributed by atoms with Gasteiger partial charge in [0.15, 0.2) is 0 Å². The minimum absolute atomic E-state index is 0.515. The molecule has 0 spiro atoms. The summed E-state index contributed by atoms with van der Waals surface area (Å²) in [5.74, 6) is 0.797. The Kier molecular flexibility index (Phi) is 10.4. The second-order valence-electron chi connectivity index (χ2n) is 7.71. The highest BCUT2D eigenvalue weighted by molar-refractivity contribution is 5.34. The monoisotopic (exact) mass is 330 g/mol. The number of unbranched alkanes of at least 4 members (excludes halogenated alkanes) is 4. The van der Waals surface area contributed by atoms with Gasteiger partial charge >= 0.3 is 0 Å². The van der Waals surface area contributed by atoms with Crippen molar-refractivity contribution in [2.45, 2.75) is 111 Å². The van der Waals surface area contributed by atoms with Crippen molar-refractivity contribution in [2.24, 2.45) is 5.41 Å². The SMILES string of the molecule is CC.CCCCCC(C)(CCCCC)C1CCCc2ccccc21. The van der Waals surface area contributed by atoms with Gasteiger partial charge in [0.05, 0.1) is 0 Å². The Labute approximate surface area is 152 Å². The summed E-state index contributed by atoms with van der Waals surface area (Å²) in [5.41, 5.74) is 3.83. The average Bonchev–Trinajstić information content (AvgIpc) is 2.63. The maximum absolute atomic E-state index is 2.60. The Bertz CT molecular complexity index is 421. The third kappa shape index (κ3) is 5.94. The van der Waals surface area contributed by atoms with Crippen molar-refractivity contribution in [3.05, 3.63) is 35.4 Å². The van der Waals surface area contributed by atoms with E-state index in [4.69, 9.17) is 0 Å². The summed E-state index contributed by atoms with van der Waals surface area (Å²) in [6, 6.07) is 9.29. The molecule has 1 atom stereocenters. The molecule has 0 heteroatoms. The van der Waals surface area contributed by atoms with Gasteiger partial charge in [0.25, 0.3) is 0 Å². The summed E-state index contributed by atoms with van der Waals surface area (Å²) in [5, 5.41) is 0. The largest absolute Gasteiger partial charge is 0.0683 e. The molecule has 2 rings (SSSR count). The van der Waals surface area contributed by atoms with Crippen molar-refractivity contribution in [1.29, 1.82) is 0 Å². The normalized spacial score (nSPS) is 17.0. The Morgan fingerprint density at radius 1 is 0.917 bits per heavy atom. The number of rotatable bonds is 9. The fraction of sp³-hybridized carbons (Fsp3) is 0.750. The highest BCUT2D eigenvalue weighted by Gasteiger charge is 2.36. The summed E-state index contributed by atoms with van der Waals surface area (Å²) in [6.45, 7) is 11.2. The predicted octanol–water partition coefficient (Wildman–Crippen LogP) is 8.30. The van der Waals surface area contributed by atoms with Crippen molar-refractivity contribution >= 4 is 0 Å². The number of hydrogen-bond acceptors (Lipinski definition) is 0. The van der Waals surface area contributed by atoms with Crippen LogP contribution in [0.4, 0.5) is 0 Å². The van der Waals surface area contributed by atoms with E-state index in [-0.39, 0.29) is 0 Å². The molecule has 0 saturated heterocycles. The molecule has 0 aliphatic heterocycles. The van der Waals surface area contributed by atoms with Crippen LogP contribution in [0, 0.1) is 5.41 Å². The first-order valence-corrected chi connectivity index (χ1v) is 10.8. The van der Waals surface area contributed by atoms with Crippen LogP contribution in [0.2, 0.25) is 0 Å². The Morgan fingerprint density at radius 3 is 2.08 bits per heavy atom. The zero-order chi connectivity index (χ0) is 17.8. The summed E-state index contributed by atoms with van der Waals surface area (Å²) in [4.78, 5) is 0. The van der Waals surface area contributed by atoms with Crippen molar-refractivity contribution in [1.82, 2.24) is 0 Å². The van der Waals surface area contributed by atoms with E-state index >= 15 is 0 Å². The van der Waals surface area contributed by atoms with E-state index in [1.165, 1.54) is 70.6 Å². The van der Waals surface area contributed by atoms with Crippen LogP contribution in [0.3, 0.4) is 0 Å². The summed E-state index contributed by atoms with van der Waals surface area (Å²) >= 11 is 0. The lowest BCUT2D eigenvalue weighted by atomic mass is 9.63. The zero-order valence-electron chi connectivity index (χ0n) is 17.2. The number of aryl methyl sites for hydroxylation is 1. The lowest BCUT2D eigenvalue weighted by molar-refractivity contribution is 0.180. The molecule has 1 aromatic carbocycles. The van der Waals surface area contributed by atoms with Gasteiger partial charge in [0.2, 0.25) is 0 Å². The average molecular weight is 331 g/mol. The zero-order valence-corrected chi connectivity index (χ0v) is 17.2. The Hall–Kier alpha value is -0.780. The van der Waals surface area contributed by atoms with Crippen molar-refractivity contribution in [3.8, 4) is 0 Å². The molecular weight excluding hydrogens is 288 g/mol. The summed E-state index contributed by atoms with van der Waals surface area (Å²) in [7, 11) is 0. The van der Waals surface area contributed by atoms with Gasteiger partial charge in [-0.2, -0.15) is 0 Å². The second-order valence-corrected chi connectivity index (χ2v) is 7.71. The molecule has 0 saturated carbocycles. The molecule has 0 amide bonds. The smallest absolute Gasteiger partial charge is 0.0105 e. The van der Waals surface area contributed by atoms with Crippen LogP contribution in [-0.4, -0.2) is 0 Å². The molecule has 0 N–H and O–H groups in total. The molecule has 1 aliphatic rings. The lowest BCUT2D eigenvalue weighted by Gasteiger charge is -2.42. The highest BCUT2D eigenvalue weighted by Crippen LogP contribution is 2.49. The molecule has 0 radical (unpaired) electrons. The number of hydrogen-bond donors (Lipinski definition) is 0. The van der Waals surface area contributed by atoms with Crippen LogP contribution in [0.25, 0.3) is 0 Å². The molecule has 1 aromatic rings. The molecule has 1 aliphatic carbocycles. The molecule has 0 nitrogen and oxygen atoms in total. The van der Waals surface area contributed by atoms with Gasteiger partial charge < -0.3 is 0 Å². The van der Waals surface area contributed by atoms with Crippen LogP contribution in [0.5, 0.6) is 0 Å². The quantitative estimate of drug-likeness (QED) is 0.399. The van der Waals surface area contributed by atoms with Crippen LogP contribution >= 0.6 is 0 Å². The van der Waals surface area contributed by atoms with Gasteiger partial charge in [-0.3, -0.25) is 0 Å². The van der Waals surface area contributed by atoms with Crippen molar-refractivity contribution in [3.63, 3.8) is 0 Å². The van der Waals surface area contributed by atoms with E-state index in [2.05, 4.69) is 45.0 Å². The first-order valence-electron chi connectivity index (χ1n) is 10.8. The third-order valence-corrected chi connectivity index (χ3v) is 5.91. The van der Waals surface area contributed by atoms with Crippen LogP contribution < -0.4 is 0 Å². The molecule has 0 aromatic heterocycles. The Morgan fingerprint density at radius 2 is 1.50 bits per heavy atom. The van der Waals surface area contributed by atoms with E-state index in [0.29, 0.717) is 5.41 Å². The van der Waals surface area contributed by atoms with E-state index < -0.39 is 0 Å². The standard InChI is InChI=1S/C22H36.C2H6/c1-4-6-10-17-22(3,18-11-7-5-2)21-16-12-14-19-13-8-9-15-20(19)21;1-2/h8-9,13,15,21H,4-7,10-12,14,16-18H2,1-3H3;1-2H3. The molecule has 1 unspecified atom stereocenters. The predicted molar refractivity (Wildman–Crippen MR) is 110 cm³/mol. The van der Waals surface area contributed by atoms with Gasteiger partial charge in [-0.15, -0.1) is 0 Å². The molecular formula is C24H42. The summed E-state index contributed by atoms with van der Waals surface area (Å²) < 4.78 is 0. The molecule has 0 bridgehead atoms. The van der Waals surface area contributed by atoms with Crippen LogP contribution in [0.1, 0.15) is 116 Å². The summed E-state index contributed by atoms with van der Waals surface area (Å²) in [6.07, 6.45) is 15.2. The van der Waals surface area contributed by atoms with E-state index in [1.54, 1.807) is 11.1 Å². The number of benzene rings is 1. The number of fused-ring (bicyclic) bond motifs is 1. The Balaban J connectivity index is 0.00000139. The molecule has 0 heterocycles. The van der Waals surface area contributed by atoms with E-state index in [0.717, 1.165) is 5.92 Å². The van der Waals surface area contributed by atoms with Gasteiger partial charge in [-0.05, 0) is 54.6 Å².